The van der Waals surface area contributed by atoms with Crippen LogP contribution in [-0.2, 0) is 0 Å². The summed E-state index contributed by atoms with van der Waals surface area (Å²) >= 11 is 4.74. The first-order chi connectivity index (χ1) is 15.7. The molecule has 4 rings (SSSR count). The van der Waals surface area contributed by atoms with Crippen LogP contribution >= 0.6 is 11.6 Å². The molecule has 1 atom stereocenters. The van der Waals surface area contributed by atoms with Crippen LogP contribution in [0.5, 0.6) is 5.75 Å². The van der Waals surface area contributed by atoms with Gasteiger partial charge in [-0.05, 0) is 36.4 Å². The zero-order valence-electron chi connectivity index (χ0n) is 17.2. The fourth-order valence-corrected chi connectivity index (χ4v) is 3.65. The molecule has 12 heteroatoms. The maximum atomic E-state index is 14.7. The van der Waals surface area contributed by atoms with Crippen LogP contribution < -0.4 is 20.7 Å². The van der Waals surface area contributed by atoms with Gasteiger partial charge in [-0.25, -0.2) is 9.37 Å². The normalized spacial score (nSPS) is 18.4. The summed E-state index contributed by atoms with van der Waals surface area (Å²) in [7, 11) is 0. The lowest BCUT2D eigenvalue weighted by Crippen LogP contribution is -2.36. The first-order valence-corrected chi connectivity index (χ1v) is 10.3. The van der Waals surface area contributed by atoms with Crippen LogP contribution in [0, 0.1) is 0 Å². The number of hydrogen-bond donors (Lipinski definition) is 3. The summed E-state index contributed by atoms with van der Waals surface area (Å²) in [5.74, 6) is -0.130. The van der Waals surface area contributed by atoms with Gasteiger partial charge in [0.05, 0.1) is 17.8 Å². The number of anilines is 2. The Morgan fingerprint density at radius 2 is 2.09 bits per heavy atom. The van der Waals surface area contributed by atoms with E-state index < -0.39 is 17.1 Å². The fraction of sp³-hybridized carbons (Fsp3) is 0.286. The van der Waals surface area contributed by atoms with Gasteiger partial charge in [-0.15, -0.1) is 8.78 Å². The van der Waals surface area contributed by atoms with Crippen molar-refractivity contribution in [3.8, 4) is 17.0 Å². The van der Waals surface area contributed by atoms with Crippen LogP contribution in [-0.4, -0.2) is 52.0 Å². The summed E-state index contributed by atoms with van der Waals surface area (Å²) in [6.07, 6.45) is 3.23. The lowest BCUT2D eigenvalue weighted by atomic mass is 10.1. The maximum absolute atomic E-state index is 14.7. The Balaban J connectivity index is 1.56. The molecule has 1 saturated heterocycles. The second kappa shape index (κ2) is 8.91. The Hall–Kier alpha value is -3.31. The number of ether oxygens (including phenoxy) is 1. The fourth-order valence-electron chi connectivity index (χ4n) is 3.56. The number of carbonyl (C=O) groups excluding carboxylic acids is 1. The zero-order chi connectivity index (χ0) is 23.6. The molecule has 4 N–H and O–H groups in total. The quantitative estimate of drug-likeness (QED) is 0.444. The molecule has 0 aliphatic carbocycles. The summed E-state index contributed by atoms with van der Waals surface area (Å²) in [5, 5.41) is 9.45. The molecule has 0 radical (unpaired) electrons. The smallest absolute Gasteiger partial charge is 0.420 e. The van der Waals surface area contributed by atoms with Gasteiger partial charge in [0, 0.05) is 54.8 Å². The Morgan fingerprint density at radius 1 is 1.33 bits per heavy atom. The standard InChI is InChI=1S/C21H20ClF3N6O2/c22-21(24,25)33-15-3-1-14(2-4-15)29-19(32)13-9-16(17-5-7-28-30-17)18(27-10-13)31-8-6-20(23,11-26)12-31/h1-5,7,9-10H,6,8,11-12,26H2,(H,28,30)(H,29,32). The van der Waals surface area contributed by atoms with Crippen LogP contribution in [0.2, 0.25) is 0 Å². The number of carbonyl (C=O) groups is 1. The van der Waals surface area contributed by atoms with Gasteiger partial charge in [0.1, 0.15) is 17.2 Å². The highest BCUT2D eigenvalue weighted by atomic mass is 35.5. The van der Waals surface area contributed by atoms with Crippen LogP contribution in [0.25, 0.3) is 11.3 Å². The van der Waals surface area contributed by atoms with E-state index in [9.17, 15) is 18.0 Å². The number of alkyl halides is 4. The summed E-state index contributed by atoms with van der Waals surface area (Å²) in [6.45, 7) is 0.442. The average molecular weight is 481 g/mol. The average Bonchev–Trinajstić information content (AvgIpc) is 3.44. The van der Waals surface area contributed by atoms with Gasteiger partial charge in [0.15, 0.2) is 0 Å². The van der Waals surface area contributed by atoms with E-state index in [4.69, 9.17) is 17.3 Å². The molecule has 1 unspecified atom stereocenters. The summed E-state index contributed by atoms with van der Waals surface area (Å²) in [6, 6.07) is 8.62. The molecule has 3 heterocycles. The third-order valence-electron chi connectivity index (χ3n) is 5.23. The van der Waals surface area contributed by atoms with Gasteiger partial charge in [0.25, 0.3) is 5.91 Å². The number of aromatic amines is 1. The molecule has 1 amide bonds. The monoisotopic (exact) mass is 480 g/mol. The number of rotatable bonds is 7. The molecule has 1 fully saturated rings. The van der Waals surface area contributed by atoms with Crippen LogP contribution in [0.4, 0.5) is 24.7 Å². The number of benzene rings is 1. The molecule has 0 saturated carbocycles. The van der Waals surface area contributed by atoms with E-state index in [0.29, 0.717) is 29.3 Å². The van der Waals surface area contributed by atoms with Gasteiger partial charge >= 0.3 is 5.57 Å². The van der Waals surface area contributed by atoms with E-state index in [-0.39, 0.29) is 30.8 Å². The largest absolute Gasteiger partial charge is 0.487 e. The minimum absolute atomic E-state index is 0.0876. The van der Waals surface area contributed by atoms with Crippen molar-refractivity contribution in [1.82, 2.24) is 15.2 Å². The number of nitrogens with two attached hydrogens (primary N) is 1. The Kier molecular flexibility index (Phi) is 6.17. The highest BCUT2D eigenvalue weighted by Crippen LogP contribution is 2.34. The molecule has 2 aromatic heterocycles. The molecule has 1 aliphatic rings. The van der Waals surface area contributed by atoms with Crippen molar-refractivity contribution in [1.29, 1.82) is 0 Å². The van der Waals surface area contributed by atoms with E-state index in [1.807, 2.05) is 0 Å². The first-order valence-electron chi connectivity index (χ1n) is 9.97. The number of hydrogen-bond acceptors (Lipinski definition) is 6. The van der Waals surface area contributed by atoms with Crippen molar-refractivity contribution >= 4 is 29.0 Å². The van der Waals surface area contributed by atoms with Crippen molar-refractivity contribution in [2.75, 3.05) is 29.9 Å². The summed E-state index contributed by atoms with van der Waals surface area (Å²) < 4.78 is 44.4. The number of amides is 1. The van der Waals surface area contributed by atoms with Gasteiger partial charge < -0.3 is 20.7 Å². The van der Waals surface area contributed by atoms with Crippen LogP contribution in [0.1, 0.15) is 16.8 Å². The predicted octanol–water partition coefficient (Wildman–Crippen LogP) is 3.77. The van der Waals surface area contributed by atoms with Crippen molar-refractivity contribution in [2.24, 2.45) is 5.73 Å². The molecule has 3 aromatic rings. The van der Waals surface area contributed by atoms with Gasteiger partial charge in [0.2, 0.25) is 0 Å². The van der Waals surface area contributed by atoms with E-state index in [2.05, 4.69) is 25.2 Å². The van der Waals surface area contributed by atoms with Gasteiger partial charge in [-0.2, -0.15) is 5.10 Å². The highest BCUT2D eigenvalue weighted by molar-refractivity contribution is 6.20. The number of nitrogens with zero attached hydrogens (tertiary/aromatic N) is 3. The van der Waals surface area contributed by atoms with Gasteiger partial charge in [-0.3, -0.25) is 9.89 Å². The molecular formula is C21H20ClF3N6O2. The molecule has 0 bridgehead atoms. The minimum atomic E-state index is -3.83. The van der Waals surface area contributed by atoms with Crippen molar-refractivity contribution < 1.29 is 22.7 Å². The van der Waals surface area contributed by atoms with E-state index in [1.54, 1.807) is 23.2 Å². The molecule has 8 nitrogen and oxygen atoms in total. The third-order valence-corrected chi connectivity index (χ3v) is 5.31. The van der Waals surface area contributed by atoms with E-state index in [1.165, 1.54) is 30.5 Å². The second-order valence-electron chi connectivity index (χ2n) is 7.62. The molecule has 33 heavy (non-hydrogen) atoms. The molecule has 0 spiro atoms. The zero-order valence-corrected chi connectivity index (χ0v) is 18.0. The number of H-pyrrole nitrogens is 1. The second-order valence-corrected chi connectivity index (χ2v) is 8.06. The lowest BCUT2D eigenvalue weighted by Gasteiger charge is -2.22. The highest BCUT2D eigenvalue weighted by Gasteiger charge is 2.38. The molecule has 1 aliphatic heterocycles. The summed E-state index contributed by atoms with van der Waals surface area (Å²) in [5.41, 5.74) is 2.03. The Morgan fingerprint density at radius 3 is 2.70 bits per heavy atom. The first kappa shape index (κ1) is 22.9. The summed E-state index contributed by atoms with van der Waals surface area (Å²) in [4.78, 5) is 19.0. The van der Waals surface area contributed by atoms with Crippen molar-refractivity contribution in [3.05, 3.63) is 54.4 Å². The number of halogens is 4. The molecule has 1 aromatic carbocycles. The number of nitrogens with one attached hydrogen (secondary N) is 2. The van der Waals surface area contributed by atoms with E-state index in [0.717, 1.165) is 0 Å². The van der Waals surface area contributed by atoms with Crippen molar-refractivity contribution in [2.45, 2.75) is 17.7 Å². The minimum Gasteiger partial charge on any atom is -0.420 e. The van der Waals surface area contributed by atoms with Crippen LogP contribution in [0.3, 0.4) is 0 Å². The van der Waals surface area contributed by atoms with E-state index >= 15 is 0 Å². The van der Waals surface area contributed by atoms with Crippen LogP contribution in [0.15, 0.2) is 48.8 Å². The lowest BCUT2D eigenvalue weighted by molar-refractivity contribution is -0.0964. The van der Waals surface area contributed by atoms with Crippen molar-refractivity contribution in [3.63, 3.8) is 0 Å². The number of aromatic nitrogens is 3. The molecule has 174 valence electrons. The molecular weight excluding hydrogens is 461 g/mol. The SMILES string of the molecule is NCC1(F)CCN(c2ncc(C(=O)Nc3ccc(OC(F)(F)Cl)cc3)cc2-c2ccn[nH]2)C1. The maximum Gasteiger partial charge on any atom is 0.487 e. The Labute approximate surface area is 191 Å². The number of pyridine rings is 1. The van der Waals surface area contributed by atoms with Gasteiger partial charge in [-0.1, -0.05) is 0 Å². The Bertz CT molecular complexity index is 1120. The topological polar surface area (TPSA) is 109 Å². The predicted molar refractivity (Wildman–Crippen MR) is 117 cm³/mol. The third kappa shape index (κ3) is 5.37.